The van der Waals surface area contributed by atoms with Crippen LogP contribution < -0.4 is 9.64 Å². The van der Waals surface area contributed by atoms with E-state index in [1.807, 2.05) is 69.5 Å². The molecule has 1 heterocycles. The zero-order valence-corrected chi connectivity index (χ0v) is 16.7. The van der Waals surface area contributed by atoms with Crippen molar-refractivity contribution in [2.75, 3.05) is 46.2 Å². The van der Waals surface area contributed by atoms with Gasteiger partial charge in [-0.3, -0.25) is 4.79 Å². The molecule has 3 rings (SSSR count). The van der Waals surface area contributed by atoms with Gasteiger partial charge in [0.2, 0.25) is 5.91 Å². The van der Waals surface area contributed by atoms with Crippen LogP contribution in [0.1, 0.15) is 11.1 Å². The Balaban J connectivity index is 1.79. The molecule has 0 N–H and O–H groups in total. The Labute approximate surface area is 162 Å². The SMILES string of the molecule is CN(C)C[C@@H]1COc2ccccc2CN1C(=O)Cc1ccc(N(C)C)cc1. The Morgan fingerprint density at radius 1 is 1.07 bits per heavy atom. The number of likely N-dealkylation sites (N-methyl/N-ethyl adjacent to an activating group) is 1. The first kappa shape index (κ1) is 19.2. The zero-order valence-electron chi connectivity index (χ0n) is 16.7. The molecule has 0 bridgehead atoms. The molecule has 0 aromatic heterocycles. The number of ether oxygens (including phenoxy) is 1. The maximum atomic E-state index is 13.2. The first-order valence-electron chi connectivity index (χ1n) is 9.35. The van der Waals surface area contributed by atoms with Gasteiger partial charge in [-0.2, -0.15) is 0 Å². The van der Waals surface area contributed by atoms with Gasteiger partial charge in [0.1, 0.15) is 12.4 Å². The van der Waals surface area contributed by atoms with E-state index in [2.05, 4.69) is 21.9 Å². The molecule has 1 amide bonds. The standard InChI is InChI=1S/C22H29N3O2/c1-23(2)15-20-16-27-21-8-6-5-7-18(21)14-25(20)22(26)13-17-9-11-19(12-10-17)24(3)4/h5-12,20H,13-16H2,1-4H3/t20-/m1/s1. The molecular weight excluding hydrogens is 338 g/mol. The number of hydrogen-bond acceptors (Lipinski definition) is 4. The minimum Gasteiger partial charge on any atom is -0.491 e. The predicted molar refractivity (Wildman–Crippen MR) is 109 cm³/mol. The summed E-state index contributed by atoms with van der Waals surface area (Å²) in [5, 5.41) is 0. The monoisotopic (exact) mass is 367 g/mol. The molecule has 2 aromatic rings. The van der Waals surface area contributed by atoms with Crippen LogP contribution in [-0.2, 0) is 17.8 Å². The number of anilines is 1. The Bertz CT molecular complexity index is 771. The second kappa shape index (κ2) is 8.44. The third-order valence-electron chi connectivity index (χ3n) is 4.89. The highest BCUT2D eigenvalue weighted by molar-refractivity contribution is 5.79. The molecule has 0 aliphatic carbocycles. The summed E-state index contributed by atoms with van der Waals surface area (Å²) < 4.78 is 6.01. The van der Waals surface area contributed by atoms with E-state index in [9.17, 15) is 4.79 Å². The number of fused-ring (bicyclic) bond motifs is 1. The number of hydrogen-bond donors (Lipinski definition) is 0. The fourth-order valence-corrected chi connectivity index (χ4v) is 3.42. The average Bonchev–Trinajstić information content (AvgIpc) is 2.81. The summed E-state index contributed by atoms with van der Waals surface area (Å²) >= 11 is 0. The maximum absolute atomic E-state index is 13.2. The van der Waals surface area contributed by atoms with Crippen molar-refractivity contribution in [1.29, 1.82) is 0 Å². The van der Waals surface area contributed by atoms with Gasteiger partial charge >= 0.3 is 0 Å². The van der Waals surface area contributed by atoms with Gasteiger partial charge in [0.15, 0.2) is 0 Å². The molecule has 0 saturated carbocycles. The molecule has 0 fully saturated rings. The summed E-state index contributed by atoms with van der Waals surface area (Å²) in [5.74, 6) is 1.02. The topological polar surface area (TPSA) is 36.0 Å². The van der Waals surface area contributed by atoms with Crippen LogP contribution in [0.25, 0.3) is 0 Å². The van der Waals surface area contributed by atoms with Crippen LogP contribution in [0.4, 0.5) is 5.69 Å². The summed E-state index contributed by atoms with van der Waals surface area (Å²) in [7, 11) is 8.09. The lowest BCUT2D eigenvalue weighted by atomic mass is 10.1. The summed E-state index contributed by atoms with van der Waals surface area (Å²) in [5.41, 5.74) is 3.23. The van der Waals surface area contributed by atoms with Crippen molar-refractivity contribution < 1.29 is 9.53 Å². The number of carbonyl (C=O) groups is 1. The van der Waals surface area contributed by atoms with Crippen LogP contribution in [0.3, 0.4) is 0 Å². The van der Waals surface area contributed by atoms with E-state index in [-0.39, 0.29) is 11.9 Å². The molecule has 1 aliphatic heterocycles. The van der Waals surface area contributed by atoms with Gasteiger partial charge in [0.25, 0.3) is 0 Å². The van der Waals surface area contributed by atoms with E-state index in [1.165, 1.54) is 0 Å². The molecule has 5 heteroatoms. The van der Waals surface area contributed by atoms with E-state index in [0.29, 0.717) is 19.6 Å². The molecule has 1 atom stereocenters. The molecule has 0 saturated heterocycles. The van der Waals surface area contributed by atoms with Crippen LogP contribution in [0, 0.1) is 0 Å². The van der Waals surface area contributed by atoms with Crippen molar-refractivity contribution in [3.05, 3.63) is 59.7 Å². The van der Waals surface area contributed by atoms with E-state index in [1.54, 1.807) is 0 Å². The molecular formula is C22H29N3O2. The highest BCUT2D eigenvalue weighted by Gasteiger charge is 2.29. The first-order valence-corrected chi connectivity index (χ1v) is 9.35. The van der Waals surface area contributed by atoms with Crippen molar-refractivity contribution >= 4 is 11.6 Å². The Hall–Kier alpha value is -2.53. The number of benzene rings is 2. The van der Waals surface area contributed by atoms with Gasteiger partial charge in [0.05, 0.1) is 12.5 Å². The van der Waals surface area contributed by atoms with Gasteiger partial charge in [-0.15, -0.1) is 0 Å². The normalized spacial score (nSPS) is 16.5. The quantitative estimate of drug-likeness (QED) is 0.814. The van der Waals surface area contributed by atoms with Crippen LogP contribution in [0.2, 0.25) is 0 Å². The smallest absolute Gasteiger partial charge is 0.227 e. The summed E-state index contributed by atoms with van der Waals surface area (Å²) in [6.45, 7) is 1.88. The fraction of sp³-hybridized carbons (Fsp3) is 0.409. The molecule has 2 aromatic carbocycles. The number of para-hydroxylation sites is 1. The van der Waals surface area contributed by atoms with Gasteiger partial charge in [-0.25, -0.2) is 0 Å². The third kappa shape index (κ3) is 4.80. The van der Waals surface area contributed by atoms with E-state index >= 15 is 0 Å². The predicted octanol–water partition coefficient (Wildman–Crippen LogP) is 2.65. The van der Waals surface area contributed by atoms with Crippen LogP contribution >= 0.6 is 0 Å². The highest BCUT2D eigenvalue weighted by atomic mass is 16.5. The second-order valence-electron chi connectivity index (χ2n) is 7.59. The second-order valence-corrected chi connectivity index (χ2v) is 7.59. The van der Waals surface area contributed by atoms with Gasteiger partial charge in [0, 0.05) is 38.4 Å². The fourth-order valence-electron chi connectivity index (χ4n) is 3.42. The molecule has 1 aliphatic rings. The van der Waals surface area contributed by atoms with E-state index in [4.69, 9.17) is 4.74 Å². The van der Waals surface area contributed by atoms with Crippen LogP contribution in [0.15, 0.2) is 48.5 Å². The Kier molecular flexibility index (Phi) is 6.01. The minimum absolute atomic E-state index is 0.0287. The lowest BCUT2D eigenvalue weighted by Crippen LogP contribution is -2.47. The van der Waals surface area contributed by atoms with Crippen molar-refractivity contribution in [2.45, 2.75) is 19.0 Å². The number of nitrogens with zero attached hydrogens (tertiary/aromatic N) is 3. The summed E-state index contributed by atoms with van der Waals surface area (Å²) in [6.07, 6.45) is 0.403. The van der Waals surface area contributed by atoms with Crippen LogP contribution in [0.5, 0.6) is 5.75 Å². The zero-order chi connectivity index (χ0) is 19.4. The Morgan fingerprint density at radius 3 is 2.44 bits per heavy atom. The number of carbonyl (C=O) groups excluding carboxylic acids is 1. The molecule has 0 spiro atoms. The molecule has 27 heavy (non-hydrogen) atoms. The third-order valence-corrected chi connectivity index (χ3v) is 4.89. The minimum atomic E-state index is 0.0287. The van der Waals surface area contributed by atoms with E-state index < -0.39 is 0 Å². The van der Waals surface area contributed by atoms with Crippen molar-refractivity contribution in [3.8, 4) is 5.75 Å². The van der Waals surface area contributed by atoms with Crippen LogP contribution in [-0.4, -0.2) is 63.1 Å². The molecule has 5 nitrogen and oxygen atoms in total. The van der Waals surface area contributed by atoms with Gasteiger partial charge < -0.3 is 19.4 Å². The molecule has 0 unspecified atom stereocenters. The number of amides is 1. The summed E-state index contributed by atoms with van der Waals surface area (Å²) in [6, 6.07) is 16.2. The largest absolute Gasteiger partial charge is 0.491 e. The van der Waals surface area contributed by atoms with E-state index in [0.717, 1.165) is 29.1 Å². The summed E-state index contributed by atoms with van der Waals surface area (Å²) in [4.78, 5) is 19.3. The lowest BCUT2D eigenvalue weighted by Gasteiger charge is -2.31. The van der Waals surface area contributed by atoms with Gasteiger partial charge in [-0.05, 0) is 37.9 Å². The van der Waals surface area contributed by atoms with Crippen molar-refractivity contribution in [1.82, 2.24) is 9.80 Å². The molecule has 0 radical (unpaired) electrons. The van der Waals surface area contributed by atoms with Crippen molar-refractivity contribution in [3.63, 3.8) is 0 Å². The van der Waals surface area contributed by atoms with Crippen molar-refractivity contribution in [2.24, 2.45) is 0 Å². The maximum Gasteiger partial charge on any atom is 0.227 e. The average molecular weight is 367 g/mol. The highest BCUT2D eigenvalue weighted by Crippen LogP contribution is 2.25. The molecule has 144 valence electrons. The first-order chi connectivity index (χ1) is 12.9. The van der Waals surface area contributed by atoms with Gasteiger partial charge in [-0.1, -0.05) is 30.3 Å². The Morgan fingerprint density at radius 2 is 1.78 bits per heavy atom. The lowest BCUT2D eigenvalue weighted by molar-refractivity contribution is -0.134. The number of rotatable bonds is 5.